The molecule has 5 heteroatoms. The Hall–Kier alpha value is -0.680. The normalized spacial score (nSPS) is 25.4. The molecule has 0 saturated carbocycles. The molecule has 2 rings (SSSR count). The number of aromatic nitrogens is 1. The van der Waals surface area contributed by atoms with E-state index in [-0.39, 0.29) is 12.6 Å². The molecule has 16 heavy (non-hydrogen) atoms. The maximum atomic E-state index is 13.5. The second-order valence-electron chi connectivity index (χ2n) is 3.95. The van der Waals surface area contributed by atoms with Crippen LogP contribution in [0.25, 0.3) is 0 Å². The van der Waals surface area contributed by atoms with Gasteiger partial charge in [0.15, 0.2) is 0 Å². The number of nitrogens with zero attached hydrogens (tertiary/aromatic N) is 1. The van der Waals surface area contributed by atoms with Gasteiger partial charge in [-0.15, -0.1) is 0 Å². The van der Waals surface area contributed by atoms with Crippen LogP contribution >= 0.6 is 15.9 Å². The van der Waals surface area contributed by atoms with Gasteiger partial charge in [-0.05, 0) is 25.0 Å². The van der Waals surface area contributed by atoms with E-state index in [1.54, 1.807) is 6.20 Å². The summed E-state index contributed by atoms with van der Waals surface area (Å²) in [6, 6.07) is 1.67. The molecule has 0 spiro atoms. The van der Waals surface area contributed by atoms with Crippen LogP contribution < -0.4 is 5.32 Å². The van der Waals surface area contributed by atoms with Gasteiger partial charge < -0.3 is 10.1 Å². The predicted octanol–water partition coefficient (Wildman–Crippen LogP) is 2.69. The van der Waals surface area contributed by atoms with E-state index in [4.69, 9.17) is 4.74 Å². The van der Waals surface area contributed by atoms with E-state index in [2.05, 4.69) is 26.2 Å². The van der Waals surface area contributed by atoms with Crippen LogP contribution in [0.4, 0.5) is 10.2 Å². The summed E-state index contributed by atoms with van der Waals surface area (Å²) in [5, 5.41) is 3.10. The van der Waals surface area contributed by atoms with Crippen molar-refractivity contribution in [3.8, 4) is 0 Å². The molecule has 1 aliphatic rings. The minimum Gasteiger partial charge on any atom is -0.378 e. The molecule has 0 amide bonds. The van der Waals surface area contributed by atoms with Crippen LogP contribution in [0.5, 0.6) is 0 Å². The van der Waals surface area contributed by atoms with Crippen LogP contribution in [0, 0.1) is 6.92 Å². The summed E-state index contributed by atoms with van der Waals surface area (Å²) < 4.78 is 19.5. The lowest BCUT2D eigenvalue weighted by Gasteiger charge is -2.27. The van der Waals surface area contributed by atoms with Gasteiger partial charge in [-0.1, -0.05) is 15.9 Å². The molecular formula is C11H14BrFN2O. The van der Waals surface area contributed by atoms with E-state index in [0.29, 0.717) is 18.8 Å². The Bertz CT molecular complexity index is 375. The molecule has 1 N–H and O–H groups in total. The van der Waals surface area contributed by atoms with Gasteiger partial charge in [-0.3, -0.25) is 0 Å². The first-order chi connectivity index (χ1) is 7.66. The number of nitrogens with one attached hydrogen (secondary N) is 1. The molecule has 0 aromatic carbocycles. The second-order valence-corrected chi connectivity index (χ2v) is 4.80. The van der Waals surface area contributed by atoms with Crippen molar-refractivity contribution >= 4 is 21.7 Å². The molecule has 1 aromatic rings. The van der Waals surface area contributed by atoms with Gasteiger partial charge in [-0.2, -0.15) is 0 Å². The number of aryl methyl sites for hydroxylation is 1. The van der Waals surface area contributed by atoms with Crippen LogP contribution in [-0.2, 0) is 4.74 Å². The van der Waals surface area contributed by atoms with Gasteiger partial charge >= 0.3 is 0 Å². The van der Waals surface area contributed by atoms with Crippen LogP contribution in [0.1, 0.15) is 12.0 Å². The van der Waals surface area contributed by atoms with E-state index in [9.17, 15) is 4.39 Å². The summed E-state index contributed by atoms with van der Waals surface area (Å²) in [4.78, 5) is 4.22. The zero-order valence-corrected chi connectivity index (χ0v) is 10.6. The fourth-order valence-electron chi connectivity index (χ4n) is 1.63. The molecule has 2 heterocycles. The largest absolute Gasteiger partial charge is 0.378 e. The van der Waals surface area contributed by atoms with Crippen LogP contribution in [0.2, 0.25) is 0 Å². The molecular weight excluding hydrogens is 275 g/mol. The molecule has 3 nitrogen and oxygen atoms in total. The SMILES string of the molecule is Cc1cnc(N[C@H]2CCOC[C@H]2F)cc1Br. The highest BCUT2D eigenvalue weighted by Gasteiger charge is 2.25. The first kappa shape index (κ1) is 11.8. The Morgan fingerprint density at radius 1 is 1.62 bits per heavy atom. The van der Waals surface area contributed by atoms with Gasteiger partial charge in [-0.25, -0.2) is 9.37 Å². The number of alkyl halides is 1. The Kier molecular flexibility index (Phi) is 3.76. The summed E-state index contributed by atoms with van der Waals surface area (Å²) in [7, 11) is 0. The zero-order chi connectivity index (χ0) is 11.5. The number of hydrogen-bond donors (Lipinski definition) is 1. The summed E-state index contributed by atoms with van der Waals surface area (Å²) in [6.45, 7) is 2.74. The second kappa shape index (κ2) is 5.10. The van der Waals surface area contributed by atoms with Crippen molar-refractivity contribution in [1.29, 1.82) is 0 Å². The maximum Gasteiger partial charge on any atom is 0.143 e. The van der Waals surface area contributed by atoms with Crippen molar-refractivity contribution in [2.45, 2.75) is 25.6 Å². The lowest BCUT2D eigenvalue weighted by molar-refractivity contribution is 0.0285. The lowest BCUT2D eigenvalue weighted by Crippen LogP contribution is -2.39. The Morgan fingerprint density at radius 3 is 3.12 bits per heavy atom. The third-order valence-electron chi connectivity index (χ3n) is 2.66. The molecule has 1 aromatic heterocycles. The molecule has 0 aliphatic carbocycles. The Balaban J connectivity index is 2.05. The summed E-state index contributed by atoms with van der Waals surface area (Å²) >= 11 is 3.43. The monoisotopic (exact) mass is 288 g/mol. The number of anilines is 1. The molecule has 88 valence electrons. The maximum absolute atomic E-state index is 13.5. The quantitative estimate of drug-likeness (QED) is 0.909. The predicted molar refractivity (Wildman–Crippen MR) is 64.4 cm³/mol. The average molecular weight is 289 g/mol. The van der Waals surface area contributed by atoms with Crippen molar-refractivity contribution < 1.29 is 9.13 Å². The highest BCUT2D eigenvalue weighted by atomic mass is 79.9. The van der Waals surface area contributed by atoms with E-state index >= 15 is 0 Å². The van der Waals surface area contributed by atoms with Crippen molar-refractivity contribution in [2.75, 3.05) is 18.5 Å². The smallest absolute Gasteiger partial charge is 0.143 e. The van der Waals surface area contributed by atoms with E-state index in [1.807, 2.05) is 13.0 Å². The highest BCUT2D eigenvalue weighted by Crippen LogP contribution is 2.21. The number of rotatable bonds is 2. The van der Waals surface area contributed by atoms with Crippen LogP contribution in [-0.4, -0.2) is 30.4 Å². The van der Waals surface area contributed by atoms with Crippen LogP contribution in [0.15, 0.2) is 16.7 Å². The van der Waals surface area contributed by atoms with E-state index in [1.165, 1.54) is 0 Å². The van der Waals surface area contributed by atoms with Gasteiger partial charge in [0.25, 0.3) is 0 Å². The van der Waals surface area contributed by atoms with Crippen molar-refractivity contribution in [2.24, 2.45) is 0 Å². The minimum absolute atomic E-state index is 0.171. The Morgan fingerprint density at radius 2 is 2.44 bits per heavy atom. The highest BCUT2D eigenvalue weighted by molar-refractivity contribution is 9.10. The summed E-state index contributed by atoms with van der Waals surface area (Å²) in [6.07, 6.45) is 1.48. The number of halogens is 2. The van der Waals surface area contributed by atoms with Crippen molar-refractivity contribution in [3.05, 3.63) is 22.3 Å². The fraction of sp³-hybridized carbons (Fsp3) is 0.545. The van der Waals surface area contributed by atoms with Gasteiger partial charge in [0.05, 0.1) is 12.6 Å². The molecule has 0 radical (unpaired) electrons. The minimum atomic E-state index is -0.962. The topological polar surface area (TPSA) is 34.2 Å². The molecule has 0 unspecified atom stereocenters. The first-order valence-electron chi connectivity index (χ1n) is 5.27. The molecule has 0 bridgehead atoms. The zero-order valence-electron chi connectivity index (χ0n) is 9.04. The standard InChI is InChI=1S/C11H14BrFN2O/c1-7-5-14-11(4-8(7)12)15-10-2-3-16-6-9(10)13/h4-5,9-10H,2-3,6H2,1H3,(H,14,15)/t9-,10+/m1/s1. The number of ether oxygens (including phenoxy) is 1. The average Bonchev–Trinajstić information content (AvgIpc) is 2.27. The molecule has 1 aliphatic heterocycles. The lowest BCUT2D eigenvalue weighted by atomic mass is 10.1. The fourth-order valence-corrected chi connectivity index (χ4v) is 1.95. The number of pyridine rings is 1. The molecule has 1 saturated heterocycles. The van der Waals surface area contributed by atoms with Crippen LogP contribution in [0.3, 0.4) is 0 Å². The van der Waals surface area contributed by atoms with Crippen molar-refractivity contribution in [3.63, 3.8) is 0 Å². The molecule has 1 fully saturated rings. The third kappa shape index (κ3) is 2.71. The summed E-state index contributed by atoms with van der Waals surface area (Å²) in [5.41, 5.74) is 1.06. The van der Waals surface area contributed by atoms with Gasteiger partial charge in [0, 0.05) is 17.3 Å². The first-order valence-corrected chi connectivity index (χ1v) is 6.06. The third-order valence-corrected chi connectivity index (χ3v) is 3.51. The Labute approximate surface area is 103 Å². The van der Waals surface area contributed by atoms with Gasteiger partial charge in [0.1, 0.15) is 12.0 Å². The van der Waals surface area contributed by atoms with E-state index in [0.717, 1.165) is 10.0 Å². The van der Waals surface area contributed by atoms with Crippen molar-refractivity contribution in [1.82, 2.24) is 4.98 Å². The van der Waals surface area contributed by atoms with E-state index < -0.39 is 6.17 Å². The number of hydrogen-bond acceptors (Lipinski definition) is 3. The molecule has 2 atom stereocenters. The van der Waals surface area contributed by atoms with Gasteiger partial charge in [0.2, 0.25) is 0 Å². The summed E-state index contributed by atoms with van der Waals surface area (Å²) in [5.74, 6) is 0.701.